The topological polar surface area (TPSA) is 71.5 Å². The van der Waals surface area contributed by atoms with E-state index in [1.165, 1.54) is 0 Å². The monoisotopic (exact) mass is 587 g/mol. The Morgan fingerprint density at radius 1 is 0.467 bits per heavy atom. The molecule has 0 amide bonds. The normalized spacial score (nSPS) is 20.7. The molecule has 1 heterocycles. The molecule has 2 spiro atoms. The van der Waals surface area contributed by atoms with Crippen molar-refractivity contribution in [1.82, 2.24) is 0 Å². The highest BCUT2D eigenvalue weighted by molar-refractivity contribution is 6.39. The van der Waals surface area contributed by atoms with E-state index < -0.39 is 34.5 Å². The van der Waals surface area contributed by atoms with Crippen molar-refractivity contribution in [3.8, 4) is 0 Å². The minimum Gasteiger partial charge on any atom is -0.343 e. The van der Waals surface area contributed by atoms with Crippen molar-refractivity contribution in [2.45, 2.75) is 31.3 Å². The largest absolute Gasteiger partial charge is 0.343 e. The number of para-hydroxylation sites is 1. The Bertz CT molecular complexity index is 2020. The highest BCUT2D eigenvalue weighted by atomic mass is 16.2. The number of hydrogen-bond acceptors (Lipinski definition) is 5. The molecule has 0 N–H and O–H groups in total. The summed E-state index contributed by atoms with van der Waals surface area (Å²) >= 11 is 0. The summed E-state index contributed by atoms with van der Waals surface area (Å²) in [5, 5.41) is 0. The van der Waals surface area contributed by atoms with Crippen molar-refractivity contribution in [3.63, 3.8) is 0 Å². The van der Waals surface area contributed by atoms with Crippen molar-refractivity contribution < 1.29 is 19.2 Å². The van der Waals surface area contributed by atoms with Crippen LogP contribution in [0.15, 0.2) is 127 Å². The van der Waals surface area contributed by atoms with Crippen LogP contribution in [0.1, 0.15) is 75.6 Å². The van der Waals surface area contributed by atoms with Gasteiger partial charge in [0.1, 0.15) is 5.41 Å². The average Bonchev–Trinajstić information content (AvgIpc) is 3.57. The Morgan fingerprint density at radius 2 is 0.867 bits per heavy atom. The van der Waals surface area contributed by atoms with E-state index in [4.69, 9.17) is 0 Å². The number of fused-ring (bicyclic) bond motifs is 2. The van der Waals surface area contributed by atoms with Crippen molar-refractivity contribution >= 4 is 28.8 Å². The van der Waals surface area contributed by atoms with Gasteiger partial charge in [0.05, 0.1) is 6.04 Å². The lowest BCUT2D eigenvalue weighted by atomic mass is 9.59. The number of carbonyl (C=O) groups is 4. The second kappa shape index (κ2) is 9.54. The first-order chi connectivity index (χ1) is 21.9. The number of aryl methyl sites for hydroxylation is 2. The predicted molar refractivity (Wildman–Crippen MR) is 172 cm³/mol. The quantitative estimate of drug-likeness (QED) is 0.204. The summed E-state index contributed by atoms with van der Waals surface area (Å²) in [6, 6.07) is 37.3. The standard InChI is InChI=1S/C40H29NO4/c1-24-14-6-8-18-27(24)33-39(35(42)29-20-10-11-21-30(29)36(39)43)34(28-19-9-7-15-25(28)2)41(26-16-4-3-5-17-26)40(33)37(44)31-22-12-13-23-32(31)38(40)45/h3-23,33-34H,1-2H3/t33-,34-/m1/s1. The van der Waals surface area contributed by atoms with Gasteiger partial charge in [0.2, 0.25) is 0 Å². The first-order valence-electron chi connectivity index (χ1n) is 15.2. The zero-order valence-electron chi connectivity index (χ0n) is 24.9. The summed E-state index contributed by atoms with van der Waals surface area (Å²) in [7, 11) is 0. The second-order valence-corrected chi connectivity index (χ2v) is 12.3. The van der Waals surface area contributed by atoms with E-state index in [0.29, 0.717) is 33.5 Å². The van der Waals surface area contributed by atoms with Crippen LogP contribution >= 0.6 is 0 Å². The van der Waals surface area contributed by atoms with Gasteiger partial charge in [-0.1, -0.05) is 115 Å². The minimum absolute atomic E-state index is 0.304. The van der Waals surface area contributed by atoms with Crippen LogP contribution in [0.5, 0.6) is 0 Å². The molecule has 0 unspecified atom stereocenters. The fourth-order valence-electron chi connectivity index (χ4n) is 8.45. The van der Waals surface area contributed by atoms with Gasteiger partial charge in [0, 0.05) is 33.9 Å². The zero-order chi connectivity index (χ0) is 31.1. The maximum Gasteiger partial charge on any atom is 0.197 e. The summed E-state index contributed by atoms with van der Waals surface area (Å²) in [5.74, 6) is -2.65. The Labute approximate surface area is 261 Å². The number of benzene rings is 5. The smallest absolute Gasteiger partial charge is 0.197 e. The lowest BCUT2D eigenvalue weighted by Crippen LogP contribution is -2.57. The fraction of sp³-hybridized carbons (Fsp3) is 0.150. The van der Waals surface area contributed by atoms with E-state index in [-0.39, 0.29) is 11.6 Å². The van der Waals surface area contributed by atoms with E-state index in [9.17, 15) is 0 Å². The summed E-state index contributed by atoms with van der Waals surface area (Å²) in [6.45, 7) is 3.86. The predicted octanol–water partition coefficient (Wildman–Crippen LogP) is 7.53. The van der Waals surface area contributed by atoms with Gasteiger partial charge in [-0.25, -0.2) is 0 Å². The molecule has 45 heavy (non-hydrogen) atoms. The van der Waals surface area contributed by atoms with E-state index in [1.807, 2.05) is 97.6 Å². The average molecular weight is 588 g/mol. The maximum absolute atomic E-state index is 15.4. The molecule has 0 aromatic heterocycles. The molecule has 3 aliphatic rings. The van der Waals surface area contributed by atoms with Crippen LogP contribution in [-0.2, 0) is 0 Å². The van der Waals surface area contributed by atoms with E-state index in [0.717, 1.165) is 16.7 Å². The van der Waals surface area contributed by atoms with Crippen molar-refractivity contribution in [2.24, 2.45) is 5.41 Å². The van der Waals surface area contributed by atoms with Gasteiger partial charge in [-0.05, 0) is 48.2 Å². The van der Waals surface area contributed by atoms with Gasteiger partial charge in [-0.2, -0.15) is 0 Å². The number of Topliss-reactive ketones (excluding diaryl/α,β-unsaturated/α-hetero) is 4. The van der Waals surface area contributed by atoms with Crippen LogP contribution in [0.3, 0.4) is 0 Å². The summed E-state index contributed by atoms with van der Waals surface area (Å²) in [6.07, 6.45) is 0. The Kier molecular flexibility index (Phi) is 5.76. The number of rotatable bonds is 3. The SMILES string of the molecule is Cc1ccccc1[C@@H]1C2(C(=O)c3ccccc3C2=O)[C@@H](c2ccccc2C)N(c2ccccc2)C12C(=O)c1ccccc1C2=O. The first kappa shape index (κ1) is 27.2. The first-order valence-corrected chi connectivity index (χ1v) is 15.2. The number of ketones is 4. The lowest BCUT2D eigenvalue weighted by Gasteiger charge is -2.40. The molecule has 218 valence electrons. The van der Waals surface area contributed by atoms with E-state index >= 15 is 19.2 Å². The molecule has 2 aliphatic carbocycles. The van der Waals surface area contributed by atoms with Gasteiger partial charge in [-0.3, -0.25) is 19.2 Å². The molecular weight excluding hydrogens is 558 g/mol. The number of carbonyl (C=O) groups excluding carboxylic acids is 4. The van der Waals surface area contributed by atoms with E-state index in [2.05, 4.69) is 0 Å². The van der Waals surface area contributed by atoms with Crippen LogP contribution in [0.2, 0.25) is 0 Å². The Hall–Kier alpha value is -5.42. The highest BCUT2D eigenvalue weighted by Crippen LogP contribution is 2.70. The third-order valence-electron chi connectivity index (χ3n) is 10.2. The molecule has 0 radical (unpaired) electrons. The molecule has 5 aromatic rings. The highest BCUT2D eigenvalue weighted by Gasteiger charge is 2.81. The molecule has 5 heteroatoms. The molecular formula is C40H29NO4. The minimum atomic E-state index is -1.92. The van der Waals surface area contributed by atoms with Crippen LogP contribution in [0, 0.1) is 19.3 Å². The van der Waals surface area contributed by atoms with Crippen molar-refractivity contribution in [1.29, 1.82) is 0 Å². The fourth-order valence-corrected chi connectivity index (χ4v) is 8.45. The van der Waals surface area contributed by atoms with Crippen LogP contribution in [-0.4, -0.2) is 28.7 Å². The van der Waals surface area contributed by atoms with Crippen LogP contribution in [0.25, 0.3) is 0 Å². The number of nitrogens with zero attached hydrogens (tertiary/aromatic N) is 1. The molecule has 8 rings (SSSR count). The lowest BCUT2D eigenvalue weighted by molar-refractivity contribution is 0.0619. The van der Waals surface area contributed by atoms with Gasteiger partial charge in [0.15, 0.2) is 28.7 Å². The third-order valence-corrected chi connectivity index (χ3v) is 10.2. The summed E-state index contributed by atoms with van der Waals surface area (Å²) in [5.41, 5.74) is 1.11. The molecule has 0 saturated carbocycles. The van der Waals surface area contributed by atoms with Crippen LogP contribution in [0.4, 0.5) is 5.69 Å². The Morgan fingerprint density at radius 3 is 1.36 bits per heavy atom. The molecule has 1 saturated heterocycles. The Balaban J connectivity index is 1.61. The molecule has 5 aromatic carbocycles. The molecule has 1 aliphatic heterocycles. The zero-order valence-corrected chi connectivity index (χ0v) is 24.9. The number of anilines is 1. The van der Waals surface area contributed by atoms with Crippen molar-refractivity contribution in [3.05, 3.63) is 172 Å². The molecule has 1 fully saturated rings. The second-order valence-electron chi connectivity index (χ2n) is 12.3. The molecule has 0 bridgehead atoms. The van der Waals surface area contributed by atoms with Crippen molar-refractivity contribution in [2.75, 3.05) is 4.90 Å². The summed E-state index contributed by atoms with van der Waals surface area (Å²) in [4.78, 5) is 63.2. The van der Waals surface area contributed by atoms with E-state index in [1.54, 1.807) is 48.5 Å². The van der Waals surface area contributed by atoms with Gasteiger partial charge in [-0.15, -0.1) is 0 Å². The van der Waals surface area contributed by atoms with Gasteiger partial charge >= 0.3 is 0 Å². The summed E-state index contributed by atoms with van der Waals surface area (Å²) < 4.78 is 0. The van der Waals surface area contributed by atoms with Gasteiger partial charge < -0.3 is 4.90 Å². The third kappa shape index (κ3) is 3.22. The molecule has 2 atom stereocenters. The van der Waals surface area contributed by atoms with Gasteiger partial charge in [0.25, 0.3) is 0 Å². The van der Waals surface area contributed by atoms with Crippen LogP contribution < -0.4 is 4.90 Å². The number of hydrogen-bond donors (Lipinski definition) is 0. The molecule has 5 nitrogen and oxygen atoms in total. The maximum atomic E-state index is 15.4.